The van der Waals surface area contributed by atoms with E-state index in [1.165, 1.54) is 18.4 Å². The summed E-state index contributed by atoms with van der Waals surface area (Å²) in [5.74, 6) is 0.641. The number of esters is 1. The Balaban J connectivity index is 2.41. The molecule has 2 aromatic rings. The van der Waals surface area contributed by atoms with Gasteiger partial charge in [0.05, 0.1) is 7.11 Å². The first-order valence-corrected chi connectivity index (χ1v) is 7.94. The minimum atomic E-state index is -0.277. The second-order valence-electron chi connectivity index (χ2n) is 3.74. The van der Waals surface area contributed by atoms with Crippen LogP contribution >= 0.6 is 34.7 Å². The van der Waals surface area contributed by atoms with Crippen molar-refractivity contribution in [2.75, 3.05) is 12.9 Å². The number of rotatable bonds is 4. The molecular weight excluding hydrogens is 300 g/mol. The van der Waals surface area contributed by atoms with Crippen LogP contribution in [0.1, 0.15) is 16.6 Å². The summed E-state index contributed by atoms with van der Waals surface area (Å²) >= 11 is 8.98. The third-order valence-electron chi connectivity index (χ3n) is 2.50. The van der Waals surface area contributed by atoms with Crippen LogP contribution in [0.25, 0.3) is 10.4 Å². The molecule has 0 amide bonds. The summed E-state index contributed by atoms with van der Waals surface area (Å²) in [6.07, 6.45) is 0. The molecule has 1 heterocycles. The standard InChI is InChI=1S/C14H13ClO2S2/c1-3-18-12-8-11(19-13(12)14(16)17-2)9-4-6-10(15)7-5-9/h4-8H,3H2,1-2H3. The molecule has 0 aliphatic rings. The van der Waals surface area contributed by atoms with Gasteiger partial charge in [-0.3, -0.25) is 0 Å². The van der Waals surface area contributed by atoms with Gasteiger partial charge < -0.3 is 4.74 Å². The molecule has 0 unspecified atom stereocenters. The molecule has 2 rings (SSSR count). The third kappa shape index (κ3) is 3.32. The van der Waals surface area contributed by atoms with E-state index >= 15 is 0 Å². The van der Waals surface area contributed by atoms with Crippen molar-refractivity contribution in [1.29, 1.82) is 0 Å². The number of hydrogen-bond acceptors (Lipinski definition) is 4. The number of thioether (sulfide) groups is 1. The van der Waals surface area contributed by atoms with E-state index in [1.807, 2.05) is 30.3 Å². The molecule has 5 heteroatoms. The van der Waals surface area contributed by atoms with Crippen LogP contribution < -0.4 is 0 Å². The van der Waals surface area contributed by atoms with Gasteiger partial charge >= 0.3 is 5.97 Å². The van der Waals surface area contributed by atoms with Gasteiger partial charge in [-0.05, 0) is 29.5 Å². The predicted molar refractivity (Wildman–Crippen MR) is 82.5 cm³/mol. The van der Waals surface area contributed by atoms with Gasteiger partial charge in [0.1, 0.15) is 4.88 Å². The fraction of sp³-hybridized carbons (Fsp3) is 0.214. The molecule has 0 aliphatic heterocycles. The Labute approximate surface area is 125 Å². The van der Waals surface area contributed by atoms with Crippen LogP contribution in [0, 0.1) is 0 Å². The van der Waals surface area contributed by atoms with Crippen molar-refractivity contribution in [3.8, 4) is 10.4 Å². The molecule has 0 atom stereocenters. The highest BCUT2D eigenvalue weighted by atomic mass is 35.5. The SMILES string of the molecule is CCSc1cc(-c2ccc(Cl)cc2)sc1C(=O)OC. The van der Waals surface area contributed by atoms with Crippen molar-refractivity contribution in [2.24, 2.45) is 0 Å². The summed E-state index contributed by atoms with van der Waals surface area (Å²) < 4.78 is 4.83. The van der Waals surface area contributed by atoms with Crippen LogP contribution in [0.15, 0.2) is 35.2 Å². The number of carbonyl (C=O) groups excluding carboxylic acids is 1. The van der Waals surface area contributed by atoms with E-state index in [0.29, 0.717) is 9.90 Å². The lowest BCUT2D eigenvalue weighted by atomic mass is 10.2. The molecule has 0 spiro atoms. The normalized spacial score (nSPS) is 10.5. The van der Waals surface area contributed by atoms with Gasteiger partial charge in [-0.25, -0.2) is 4.79 Å². The average molecular weight is 313 g/mol. The zero-order valence-electron chi connectivity index (χ0n) is 10.6. The summed E-state index contributed by atoms with van der Waals surface area (Å²) in [7, 11) is 1.41. The molecule has 0 saturated heterocycles. The van der Waals surface area contributed by atoms with Crippen LogP contribution in [0.4, 0.5) is 0 Å². The van der Waals surface area contributed by atoms with Crippen molar-refractivity contribution in [3.05, 3.63) is 40.2 Å². The predicted octanol–water partition coefficient (Wildman–Crippen LogP) is 4.97. The first-order valence-electron chi connectivity index (χ1n) is 5.76. The molecule has 0 bridgehead atoms. The fourth-order valence-corrected chi connectivity index (χ4v) is 3.83. The quantitative estimate of drug-likeness (QED) is 0.589. The monoisotopic (exact) mass is 312 g/mol. The first kappa shape index (κ1) is 14.4. The molecule has 1 aromatic carbocycles. The number of methoxy groups -OCH3 is 1. The molecule has 0 saturated carbocycles. The maximum Gasteiger partial charge on any atom is 0.349 e. The van der Waals surface area contributed by atoms with E-state index in [9.17, 15) is 4.79 Å². The van der Waals surface area contributed by atoms with Crippen molar-refractivity contribution < 1.29 is 9.53 Å². The molecule has 1 aromatic heterocycles. The minimum absolute atomic E-state index is 0.277. The van der Waals surface area contributed by atoms with E-state index in [2.05, 4.69) is 6.92 Å². The number of benzene rings is 1. The molecule has 0 fully saturated rings. The Morgan fingerprint density at radius 3 is 2.63 bits per heavy atom. The number of ether oxygens (including phenoxy) is 1. The molecule has 0 radical (unpaired) electrons. The van der Waals surface area contributed by atoms with E-state index in [0.717, 1.165) is 21.1 Å². The van der Waals surface area contributed by atoms with Crippen LogP contribution in [-0.4, -0.2) is 18.8 Å². The van der Waals surface area contributed by atoms with Crippen molar-refractivity contribution in [3.63, 3.8) is 0 Å². The van der Waals surface area contributed by atoms with Gasteiger partial charge in [0.25, 0.3) is 0 Å². The highest BCUT2D eigenvalue weighted by Crippen LogP contribution is 2.37. The Hall–Kier alpha value is -0.970. The van der Waals surface area contributed by atoms with E-state index in [4.69, 9.17) is 16.3 Å². The molecule has 0 N–H and O–H groups in total. The van der Waals surface area contributed by atoms with Gasteiger partial charge in [0.2, 0.25) is 0 Å². The lowest BCUT2D eigenvalue weighted by molar-refractivity contribution is 0.0603. The van der Waals surface area contributed by atoms with Gasteiger partial charge in [-0.2, -0.15) is 0 Å². The molecule has 19 heavy (non-hydrogen) atoms. The molecule has 100 valence electrons. The van der Waals surface area contributed by atoms with Gasteiger partial charge in [-0.1, -0.05) is 30.7 Å². The van der Waals surface area contributed by atoms with Gasteiger partial charge in [0, 0.05) is 14.8 Å². The zero-order chi connectivity index (χ0) is 13.8. The Morgan fingerprint density at radius 2 is 2.05 bits per heavy atom. The highest BCUT2D eigenvalue weighted by molar-refractivity contribution is 7.99. The first-order chi connectivity index (χ1) is 9.15. The summed E-state index contributed by atoms with van der Waals surface area (Å²) in [6, 6.07) is 9.64. The van der Waals surface area contributed by atoms with Gasteiger partial charge in [0.15, 0.2) is 0 Å². The summed E-state index contributed by atoms with van der Waals surface area (Å²) in [4.78, 5) is 14.5. The zero-order valence-corrected chi connectivity index (χ0v) is 13.0. The smallest absolute Gasteiger partial charge is 0.349 e. The second-order valence-corrected chi connectivity index (χ2v) is 6.53. The largest absolute Gasteiger partial charge is 0.465 e. The Kier molecular flexibility index (Phi) is 4.91. The number of hydrogen-bond donors (Lipinski definition) is 0. The van der Waals surface area contributed by atoms with E-state index in [-0.39, 0.29) is 5.97 Å². The summed E-state index contributed by atoms with van der Waals surface area (Å²) in [5.41, 5.74) is 1.06. The molecular formula is C14H13ClO2S2. The van der Waals surface area contributed by atoms with Crippen LogP contribution in [0.2, 0.25) is 5.02 Å². The minimum Gasteiger partial charge on any atom is -0.465 e. The second kappa shape index (κ2) is 6.46. The molecule has 2 nitrogen and oxygen atoms in total. The van der Waals surface area contributed by atoms with Crippen LogP contribution in [0.5, 0.6) is 0 Å². The van der Waals surface area contributed by atoms with Crippen molar-refractivity contribution >= 4 is 40.7 Å². The highest BCUT2D eigenvalue weighted by Gasteiger charge is 2.17. The molecule has 0 aliphatic carbocycles. The van der Waals surface area contributed by atoms with Crippen LogP contribution in [0.3, 0.4) is 0 Å². The Morgan fingerprint density at radius 1 is 1.37 bits per heavy atom. The number of halogens is 1. The Bertz CT molecular complexity index is 576. The summed E-state index contributed by atoms with van der Waals surface area (Å²) in [6.45, 7) is 2.06. The maximum absolute atomic E-state index is 11.8. The van der Waals surface area contributed by atoms with Gasteiger partial charge in [-0.15, -0.1) is 23.1 Å². The number of carbonyl (C=O) groups is 1. The average Bonchev–Trinajstić information content (AvgIpc) is 2.83. The fourth-order valence-electron chi connectivity index (χ4n) is 1.63. The lowest BCUT2D eigenvalue weighted by Crippen LogP contribution is -1.99. The topological polar surface area (TPSA) is 26.3 Å². The number of thiophene rings is 1. The third-order valence-corrected chi connectivity index (χ3v) is 4.96. The summed E-state index contributed by atoms with van der Waals surface area (Å²) in [5, 5.41) is 0.705. The van der Waals surface area contributed by atoms with Crippen molar-refractivity contribution in [1.82, 2.24) is 0 Å². The van der Waals surface area contributed by atoms with Crippen molar-refractivity contribution in [2.45, 2.75) is 11.8 Å². The van der Waals surface area contributed by atoms with E-state index < -0.39 is 0 Å². The van der Waals surface area contributed by atoms with E-state index in [1.54, 1.807) is 11.8 Å². The maximum atomic E-state index is 11.8. The lowest BCUT2D eigenvalue weighted by Gasteiger charge is -1.98. The van der Waals surface area contributed by atoms with Crippen LogP contribution in [-0.2, 0) is 4.74 Å².